The number of benzene rings is 1. The number of carbonyl (C=O) groups is 2. The summed E-state index contributed by atoms with van der Waals surface area (Å²) in [5.41, 5.74) is 5.27. The highest BCUT2D eigenvalue weighted by molar-refractivity contribution is 7.90. The average molecular weight is 300 g/mol. The number of sulfonamides is 1. The predicted octanol–water partition coefficient (Wildman–Crippen LogP) is 0.0737. The molecule has 0 radical (unpaired) electrons. The molecule has 0 spiro atoms. The normalized spacial score (nSPS) is 12.7. The van der Waals surface area contributed by atoms with E-state index in [-0.39, 0.29) is 24.2 Å². The maximum Gasteiger partial charge on any atom is 0.320 e. The van der Waals surface area contributed by atoms with Crippen LogP contribution in [0.5, 0.6) is 0 Å². The molecule has 110 valence electrons. The van der Waals surface area contributed by atoms with Gasteiger partial charge in [-0.15, -0.1) is 0 Å². The molecule has 0 bridgehead atoms. The topological polar surface area (TPSA) is 127 Å². The van der Waals surface area contributed by atoms with Crippen LogP contribution in [0.1, 0.15) is 19.3 Å². The molecule has 1 atom stereocenters. The first kappa shape index (κ1) is 16.1. The van der Waals surface area contributed by atoms with E-state index in [2.05, 4.69) is 0 Å². The second-order valence-corrected chi connectivity index (χ2v) is 5.86. The molecule has 4 N–H and O–H groups in total. The first-order valence-electron chi connectivity index (χ1n) is 5.92. The minimum atomic E-state index is -3.87. The Kier molecular flexibility index (Phi) is 5.66. The van der Waals surface area contributed by atoms with Crippen molar-refractivity contribution in [3.63, 3.8) is 0 Å². The van der Waals surface area contributed by atoms with Gasteiger partial charge in [-0.3, -0.25) is 9.59 Å². The van der Waals surface area contributed by atoms with Crippen LogP contribution in [0.15, 0.2) is 35.2 Å². The highest BCUT2D eigenvalue weighted by Gasteiger charge is 2.17. The van der Waals surface area contributed by atoms with Gasteiger partial charge in [0.1, 0.15) is 6.04 Å². The van der Waals surface area contributed by atoms with Gasteiger partial charge in [-0.2, -0.15) is 0 Å². The SMILES string of the molecule is N[C@@H](CCCC(=O)NS(=O)(=O)c1ccccc1)C(=O)O. The maximum atomic E-state index is 11.8. The molecule has 0 aromatic heterocycles. The van der Waals surface area contributed by atoms with Gasteiger partial charge in [-0.05, 0) is 25.0 Å². The van der Waals surface area contributed by atoms with Crippen molar-refractivity contribution in [1.82, 2.24) is 4.72 Å². The maximum absolute atomic E-state index is 11.8. The van der Waals surface area contributed by atoms with Gasteiger partial charge in [0.25, 0.3) is 10.0 Å². The van der Waals surface area contributed by atoms with Crippen LogP contribution in [0.3, 0.4) is 0 Å². The van der Waals surface area contributed by atoms with Gasteiger partial charge in [0, 0.05) is 6.42 Å². The zero-order valence-electron chi connectivity index (χ0n) is 10.7. The summed E-state index contributed by atoms with van der Waals surface area (Å²) in [4.78, 5) is 22.0. The lowest BCUT2D eigenvalue weighted by molar-refractivity contribution is -0.138. The molecule has 1 amide bonds. The molecule has 0 unspecified atom stereocenters. The van der Waals surface area contributed by atoms with Crippen LogP contribution >= 0.6 is 0 Å². The van der Waals surface area contributed by atoms with Crippen molar-refractivity contribution in [3.05, 3.63) is 30.3 Å². The number of hydrogen-bond donors (Lipinski definition) is 3. The number of carboxylic acids is 1. The Morgan fingerprint density at radius 3 is 2.40 bits per heavy atom. The Hall–Kier alpha value is -1.93. The fraction of sp³-hybridized carbons (Fsp3) is 0.333. The van der Waals surface area contributed by atoms with Crippen LogP contribution in [0.2, 0.25) is 0 Å². The van der Waals surface area contributed by atoms with E-state index >= 15 is 0 Å². The highest BCUT2D eigenvalue weighted by Crippen LogP contribution is 2.08. The lowest BCUT2D eigenvalue weighted by atomic mass is 10.1. The summed E-state index contributed by atoms with van der Waals surface area (Å²) < 4.78 is 25.5. The van der Waals surface area contributed by atoms with Crippen LogP contribution in [0, 0.1) is 0 Å². The van der Waals surface area contributed by atoms with E-state index in [4.69, 9.17) is 10.8 Å². The third kappa shape index (κ3) is 4.98. The number of amides is 1. The largest absolute Gasteiger partial charge is 0.480 e. The quantitative estimate of drug-likeness (QED) is 0.654. The van der Waals surface area contributed by atoms with Crippen molar-refractivity contribution < 1.29 is 23.1 Å². The Morgan fingerprint density at radius 1 is 1.25 bits per heavy atom. The van der Waals surface area contributed by atoms with E-state index in [1.165, 1.54) is 12.1 Å². The first-order chi connectivity index (χ1) is 9.33. The van der Waals surface area contributed by atoms with Crippen molar-refractivity contribution in [2.45, 2.75) is 30.2 Å². The van der Waals surface area contributed by atoms with E-state index < -0.39 is 27.9 Å². The van der Waals surface area contributed by atoms with Gasteiger partial charge >= 0.3 is 5.97 Å². The lowest BCUT2D eigenvalue weighted by Crippen LogP contribution is -2.32. The van der Waals surface area contributed by atoms with E-state index in [9.17, 15) is 18.0 Å². The molecule has 0 saturated heterocycles. The smallest absolute Gasteiger partial charge is 0.320 e. The zero-order valence-corrected chi connectivity index (χ0v) is 11.5. The Labute approximate surface area is 116 Å². The van der Waals surface area contributed by atoms with Crippen LogP contribution in [0.25, 0.3) is 0 Å². The fourth-order valence-electron chi connectivity index (χ4n) is 1.47. The highest BCUT2D eigenvalue weighted by atomic mass is 32.2. The van der Waals surface area contributed by atoms with Gasteiger partial charge in [0.15, 0.2) is 0 Å². The van der Waals surface area contributed by atoms with Gasteiger partial charge in [-0.1, -0.05) is 18.2 Å². The van der Waals surface area contributed by atoms with E-state index in [0.29, 0.717) is 0 Å². The molecule has 0 saturated carbocycles. The molecule has 1 aromatic carbocycles. The Bertz CT molecular complexity index is 571. The number of hydrogen-bond acceptors (Lipinski definition) is 5. The number of carbonyl (C=O) groups excluding carboxylic acids is 1. The second-order valence-electron chi connectivity index (χ2n) is 4.18. The summed E-state index contributed by atoms with van der Waals surface area (Å²) in [7, 11) is -3.87. The Morgan fingerprint density at radius 2 is 1.85 bits per heavy atom. The Balaban J connectivity index is 2.49. The molecule has 20 heavy (non-hydrogen) atoms. The molecular formula is C12H16N2O5S. The van der Waals surface area contributed by atoms with E-state index in [0.717, 1.165) is 0 Å². The van der Waals surface area contributed by atoms with Crippen molar-refractivity contribution in [2.24, 2.45) is 5.73 Å². The molecule has 0 fully saturated rings. The van der Waals surface area contributed by atoms with Gasteiger partial charge in [-0.25, -0.2) is 13.1 Å². The first-order valence-corrected chi connectivity index (χ1v) is 7.40. The third-order valence-corrected chi connectivity index (χ3v) is 3.93. The van der Waals surface area contributed by atoms with Crippen molar-refractivity contribution >= 4 is 21.9 Å². The van der Waals surface area contributed by atoms with Crippen LogP contribution < -0.4 is 10.5 Å². The summed E-state index contributed by atoms with van der Waals surface area (Å²) in [5.74, 6) is -1.84. The summed E-state index contributed by atoms with van der Waals surface area (Å²) in [6.45, 7) is 0. The summed E-state index contributed by atoms with van der Waals surface area (Å²) in [6.07, 6.45) is 0.199. The molecule has 0 aliphatic heterocycles. The van der Waals surface area contributed by atoms with Gasteiger partial charge < -0.3 is 10.8 Å². The van der Waals surface area contributed by atoms with Crippen LogP contribution in [-0.4, -0.2) is 31.4 Å². The molecular weight excluding hydrogens is 284 g/mol. The van der Waals surface area contributed by atoms with Crippen LogP contribution in [-0.2, 0) is 19.6 Å². The number of carboxylic acid groups (broad SMARTS) is 1. The minimum Gasteiger partial charge on any atom is -0.480 e. The third-order valence-electron chi connectivity index (χ3n) is 2.54. The average Bonchev–Trinajstić information content (AvgIpc) is 2.39. The van der Waals surface area contributed by atoms with Crippen molar-refractivity contribution in [1.29, 1.82) is 0 Å². The number of aliphatic carboxylic acids is 1. The van der Waals surface area contributed by atoms with Crippen LogP contribution in [0.4, 0.5) is 0 Å². The molecule has 8 heteroatoms. The number of nitrogens with two attached hydrogens (primary N) is 1. The van der Waals surface area contributed by atoms with Crippen molar-refractivity contribution in [3.8, 4) is 0 Å². The molecule has 0 aliphatic rings. The number of nitrogens with one attached hydrogen (secondary N) is 1. The molecule has 7 nitrogen and oxygen atoms in total. The minimum absolute atomic E-state index is 0.00409. The summed E-state index contributed by atoms with van der Waals surface area (Å²) in [6, 6.07) is 6.45. The standard InChI is InChI=1S/C12H16N2O5S/c13-10(12(16)17)7-4-8-11(15)14-20(18,19)9-5-2-1-3-6-9/h1-3,5-6,10H,4,7-8,13H2,(H,14,15)(H,16,17)/t10-/m0/s1. The second kappa shape index (κ2) is 7.01. The molecule has 1 aromatic rings. The monoisotopic (exact) mass is 300 g/mol. The summed E-state index contributed by atoms with van der Waals surface area (Å²) in [5, 5.41) is 8.56. The predicted molar refractivity (Wildman–Crippen MR) is 71.2 cm³/mol. The van der Waals surface area contributed by atoms with E-state index in [1.807, 2.05) is 4.72 Å². The molecule has 1 rings (SSSR count). The van der Waals surface area contributed by atoms with Crippen molar-refractivity contribution in [2.75, 3.05) is 0 Å². The van der Waals surface area contributed by atoms with Gasteiger partial charge in [0.05, 0.1) is 4.90 Å². The molecule has 0 aliphatic carbocycles. The fourth-order valence-corrected chi connectivity index (χ4v) is 2.50. The van der Waals surface area contributed by atoms with E-state index in [1.54, 1.807) is 18.2 Å². The lowest BCUT2D eigenvalue weighted by Gasteiger charge is -2.08. The van der Waals surface area contributed by atoms with Gasteiger partial charge in [0.2, 0.25) is 5.91 Å². The molecule has 0 heterocycles. The summed E-state index contributed by atoms with van der Waals surface area (Å²) >= 11 is 0. The number of rotatable bonds is 7. The zero-order chi connectivity index (χ0) is 15.2.